The minimum atomic E-state index is 0.000117. The second-order valence-electron chi connectivity index (χ2n) is 20.7. The van der Waals surface area contributed by atoms with Crippen molar-refractivity contribution in [2.45, 2.75) is 40.0 Å². The summed E-state index contributed by atoms with van der Waals surface area (Å²) in [6.45, 7) is 10.7. The highest BCUT2D eigenvalue weighted by atomic mass is 32.1. The molecule has 79 heavy (non-hydrogen) atoms. The molecular formula is C72H54N6S. The van der Waals surface area contributed by atoms with Gasteiger partial charge in [0.1, 0.15) is 0 Å². The van der Waals surface area contributed by atoms with E-state index >= 15 is 0 Å². The normalized spacial score (nSPS) is 12.2. The van der Waals surface area contributed by atoms with Crippen molar-refractivity contribution in [2.24, 2.45) is 0 Å². The molecule has 0 aliphatic heterocycles. The van der Waals surface area contributed by atoms with Gasteiger partial charge in [0, 0.05) is 42.3 Å². The molecule has 0 N–H and O–H groups in total. The first-order chi connectivity index (χ1) is 38.6. The molecular weight excluding hydrogens is 981 g/mol. The molecule has 0 bridgehead atoms. The van der Waals surface area contributed by atoms with Crippen molar-refractivity contribution in [3.05, 3.63) is 265 Å². The van der Waals surface area contributed by atoms with Crippen LogP contribution < -0.4 is 0 Å². The first-order valence-electron chi connectivity index (χ1n) is 26.8. The van der Waals surface area contributed by atoms with E-state index in [1.165, 1.54) is 70.2 Å². The number of nitrogens with zero attached hydrogens (tertiary/aromatic N) is 6. The number of hydrogen-bond acceptors (Lipinski definition) is 7. The Hall–Kier alpha value is -9.56. The van der Waals surface area contributed by atoms with E-state index in [-0.39, 0.29) is 5.41 Å². The van der Waals surface area contributed by atoms with Crippen LogP contribution in [0.1, 0.15) is 42.1 Å². The Balaban J connectivity index is 0.000000113. The second-order valence-corrected chi connectivity index (χ2v) is 21.7. The Bertz CT molecular complexity index is 4620. The third kappa shape index (κ3) is 9.28. The zero-order valence-corrected chi connectivity index (χ0v) is 45.4. The largest absolute Gasteiger partial charge is 0.249 e. The lowest BCUT2D eigenvalue weighted by molar-refractivity contribution is 0.660. The van der Waals surface area contributed by atoms with E-state index < -0.39 is 0 Å². The molecule has 0 spiro atoms. The molecule has 4 aromatic heterocycles. The molecule has 15 rings (SSSR count). The SMILES string of the molecule is Cc1nc2ccccc2nc1-c1ccc2c(c1)C(C)(C)c1ccccc1-2.Cc1nc2ccccc2nc1-c1cccc(-c2ccc(-c3ccccc3)cc2)c1.Cc1nc2ccccc2nc1-c1cccc2c1sc1ccccc12. The van der Waals surface area contributed by atoms with E-state index in [1.807, 2.05) is 111 Å². The third-order valence-electron chi connectivity index (χ3n) is 15.2. The van der Waals surface area contributed by atoms with Gasteiger partial charge in [-0.3, -0.25) is 0 Å². The van der Waals surface area contributed by atoms with Crippen LogP contribution in [0, 0.1) is 20.8 Å². The Labute approximate surface area is 463 Å². The summed E-state index contributed by atoms with van der Waals surface area (Å²) in [5.41, 5.74) is 25.1. The Morgan fingerprint density at radius 3 is 1.33 bits per heavy atom. The van der Waals surface area contributed by atoms with E-state index in [0.29, 0.717) is 0 Å². The summed E-state index contributed by atoms with van der Waals surface area (Å²) >= 11 is 1.83. The Morgan fingerprint density at radius 1 is 0.291 bits per heavy atom. The number of benzene rings is 10. The molecule has 10 aromatic carbocycles. The summed E-state index contributed by atoms with van der Waals surface area (Å²) in [6.07, 6.45) is 0. The quantitative estimate of drug-likeness (QED) is 0.171. The maximum atomic E-state index is 4.91. The number of rotatable bonds is 5. The first kappa shape index (κ1) is 49.0. The van der Waals surface area contributed by atoms with Gasteiger partial charge in [-0.1, -0.05) is 196 Å². The lowest BCUT2D eigenvalue weighted by Gasteiger charge is -2.22. The standard InChI is InChI=1S/C27H20N2.C24H20N2.C21H14N2S/c1-19-27(29-26-13-6-5-12-25(26)28-19)24-11-7-10-23(18-24)22-16-14-21(15-17-22)20-8-3-2-4-9-20;1-15-23(26-22-11-7-6-10-21(22)25-15)16-12-13-18-17-8-4-5-9-19(17)24(2,3)20(18)14-16;1-13-20(23-18-11-4-3-10-17(18)22-13)16-9-6-8-15-14-7-2-5-12-19(14)24-21(15)16/h2-18H,1H3;4-14H,1-3H3;2-12H,1H3. The Morgan fingerprint density at radius 2 is 0.696 bits per heavy atom. The van der Waals surface area contributed by atoms with E-state index in [4.69, 9.17) is 29.9 Å². The highest BCUT2D eigenvalue weighted by molar-refractivity contribution is 7.26. The number of aryl methyl sites for hydroxylation is 3. The van der Waals surface area contributed by atoms with Crippen molar-refractivity contribution in [1.82, 2.24) is 29.9 Å². The molecule has 1 aliphatic rings. The van der Waals surface area contributed by atoms with Crippen molar-refractivity contribution in [2.75, 3.05) is 0 Å². The predicted molar refractivity (Wildman–Crippen MR) is 330 cm³/mol. The lowest BCUT2D eigenvalue weighted by atomic mass is 9.82. The first-order valence-corrected chi connectivity index (χ1v) is 27.6. The van der Waals surface area contributed by atoms with E-state index in [2.05, 4.69) is 172 Å². The summed E-state index contributed by atoms with van der Waals surface area (Å²) in [6, 6.07) is 82.3. The molecule has 0 fully saturated rings. The van der Waals surface area contributed by atoms with Crippen LogP contribution in [0.15, 0.2) is 237 Å². The fourth-order valence-electron chi connectivity index (χ4n) is 11.2. The molecule has 0 atom stereocenters. The monoisotopic (exact) mass is 1030 g/mol. The van der Waals surface area contributed by atoms with Crippen molar-refractivity contribution in [3.8, 4) is 67.2 Å². The fraction of sp³-hybridized carbons (Fsp3) is 0.0833. The molecule has 0 saturated carbocycles. The average molecular weight is 1040 g/mol. The zero-order valence-electron chi connectivity index (χ0n) is 44.6. The summed E-state index contributed by atoms with van der Waals surface area (Å²) in [5, 5.41) is 2.60. The average Bonchev–Trinajstić information content (AvgIpc) is 4.15. The fourth-order valence-corrected chi connectivity index (χ4v) is 12.4. The van der Waals surface area contributed by atoms with Crippen molar-refractivity contribution >= 4 is 64.6 Å². The summed E-state index contributed by atoms with van der Waals surface area (Å²) in [4.78, 5) is 28.9. The number of thiophene rings is 1. The van der Waals surface area contributed by atoms with Gasteiger partial charge in [-0.05, 0) is 120 Å². The van der Waals surface area contributed by atoms with Gasteiger partial charge in [0.25, 0.3) is 0 Å². The van der Waals surface area contributed by atoms with Gasteiger partial charge < -0.3 is 0 Å². The third-order valence-corrected chi connectivity index (χ3v) is 16.4. The van der Waals surface area contributed by atoms with Crippen molar-refractivity contribution < 1.29 is 0 Å². The van der Waals surface area contributed by atoms with Gasteiger partial charge >= 0.3 is 0 Å². The van der Waals surface area contributed by atoms with Crippen LogP contribution in [-0.2, 0) is 5.41 Å². The van der Waals surface area contributed by atoms with Crippen LogP contribution in [0.2, 0.25) is 0 Å². The maximum absolute atomic E-state index is 4.91. The lowest BCUT2D eigenvalue weighted by Crippen LogP contribution is -2.15. The molecule has 6 nitrogen and oxygen atoms in total. The van der Waals surface area contributed by atoms with Gasteiger partial charge in [-0.15, -0.1) is 11.3 Å². The minimum Gasteiger partial charge on any atom is -0.249 e. The topological polar surface area (TPSA) is 77.3 Å². The van der Waals surface area contributed by atoms with Gasteiger partial charge in [-0.2, -0.15) is 0 Å². The molecule has 7 heteroatoms. The van der Waals surface area contributed by atoms with Crippen molar-refractivity contribution in [1.29, 1.82) is 0 Å². The smallest absolute Gasteiger partial charge is 0.0936 e. The molecule has 0 radical (unpaired) electrons. The highest BCUT2D eigenvalue weighted by Gasteiger charge is 2.35. The second kappa shape index (κ2) is 20.4. The van der Waals surface area contributed by atoms with E-state index in [1.54, 1.807) is 0 Å². The molecule has 378 valence electrons. The molecule has 1 aliphatic carbocycles. The molecule has 0 saturated heterocycles. The minimum absolute atomic E-state index is 0.000117. The number of para-hydroxylation sites is 6. The Kier molecular flexibility index (Phi) is 12.7. The van der Waals surface area contributed by atoms with Crippen LogP contribution >= 0.6 is 11.3 Å². The van der Waals surface area contributed by atoms with Gasteiger partial charge in [0.05, 0.1) is 67.3 Å². The molecule has 4 heterocycles. The molecule has 14 aromatic rings. The van der Waals surface area contributed by atoms with Gasteiger partial charge in [0.15, 0.2) is 0 Å². The van der Waals surface area contributed by atoms with Gasteiger partial charge in [-0.25, -0.2) is 29.9 Å². The summed E-state index contributed by atoms with van der Waals surface area (Å²) < 4.78 is 2.60. The number of aromatic nitrogens is 6. The van der Waals surface area contributed by atoms with Crippen LogP contribution in [0.4, 0.5) is 0 Å². The number of hydrogen-bond donors (Lipinski definition) is 0. The summed E-state index contributed by atoms with van der Waals surface area (Å²) in [7, 11) is 0. The van der Waals surface area contributed by atoms with E-state index in [0.717, 1.165) is 78.4 Å². The highest BCUT2D eigenvalue weighted by Crippen LogP contribution is 2.49. The number of fused-ring (bicyclic) bond motifs is 9. The van der Waals surface area contributed by atoms with Gasteiger partial charge in [0.2, 0.25) is 0 Å². The maximum Gasteiger partial charge on any atom is 0.0936 e. The van der Waals surface area contributed by atoms with Crippen molar-refractivity contribution in [3.63, 3.8) is 0 Å². The van der Waals surface area contributed by atoms with Crippen LogP contribution in [0.25, 0.3) is 120 Å². The van der Waals surface area contributed by atoms with Crippen LogP contribution in [0.5, 0.6) is 0 Å². The predicted octanol–water partition coefficient (Wildman–Crippen LogP) is 18.8. The molecule has 0 unspecified atom stereocenters. The van der Waals surface area contributed by atoms with Crippen LogP contribution in [0.3, 0.4) is 0 Å². The van der Waals surface area contributed by atoms with E-state index in [9.17, 15) is 0 Å². The summed E-state index contributed by atoms with van der Waals surface area (Å²) in [5.74, 6) is 0. The zero-order chi connectivity index (χ0) is 53.6. The molecule has 0 amide bonds. The van der Waals surface area contributed by atoms with Crippen LogP contribution in [-0.4, -0.2) is 29.9 Å².